The maximum atomic E-state index is 11.9. The molecule has 0 aromatic rings. The lowest BCUT2D eigenvalue weighted by molar-refractivity contribution is -0.226. The van der Waals surface area contributed by atoms with Crippen molar-refractivity contribution in [3.8, 4) is 0 Å². The first-order valence-electron chi connectivity index (χ1n) is 13.0. The van der Waals surface area contributed by atoms with E-state index in [0.717, 1.165) is 24.2 Å². The molecule has 30 heavy (non-hydrogen) atoms. The highest BCUT2D eigenvalue weighted by Gasteiger charge is 2.67. The van der Waals surface area contributed by atoms with Gasteiger partial charge in [-0.2, -0.15) is 0 Å². The molecule has 0 unspecified atom stereocenters. The summed E-state index contributed by atoms with van der Waals surface area (Å²) in [5.41, 5.74) is 3.09. The van der Waals surface area contributed by atoms with Crippen LogP contribution in [-0.2, 0) is 4.79 Å². The van der Waals surface area contributed by atoms with E-state index in [2.05, 4.69) is 61.5 Å². The highest BCUT2D eigenvalue weighted by Crippen LogP contribution is 2.75. The van der Waals surface area contributed by atoms with E-state index in [-0.39, 0.29) is 5.41 Å². The summed E-state index contributed by atoms with van der Waals surface area (Å²) in [4.78, 5) is 11.9. The van der Waals surface area contributed by atoms with Gasteiger partial charge in [0, 0.05) is 6.42 Å². The first kappa shape index (κ1) is 22.6. The van der Waals surface area contributed by atoms with Crippen LogP contribution in [0, 0.1) is 57.2 Å². The smallest absolute Gasteiger partial charge is 0.120 e. The Morgan fingerprint density at radius 3 is 2.37 bits per heavy atom. The number of hydrogen-bond acceptors (Lipinski definition) is 1. The fourth-order valence-corrected chi connectivity index (χ4v) is 10.2. The van der Waals surface area contributed by atoms with Crippen LogP contribution in [0.25, 0.3) is 0 Å². The Hall–Kier alpha value is -0.590. The molecule has 0 bridgehead atoms. The van der Waals surface area contributed by atoms with Crippen LogP contribution in [0.3, 0.4) is 0 Å². The zero-order valence-corrected chi connectivity index (χ0v) is 21.2. The van der Waals surface area contributed by atoms with Crippen molar-refractivity contribution in [3.05, 3.63) is 11.6 Å². The molecule has 3 saturated carbocycles. The monoisotopic (exact) mass is 412 g/mol. The van der Waals surface area contributed by atoms with E-state index in [1.54, 1.807) is 5.57 Å². The maximum absolute atomic E-state index is 11.9. The molecule has 1 heteroatoms. The van der Waals surface area contributed by atoms with E-state index in [4.69, 9.17) is 0 Å². The molecule has 4 aliphatic carbocycles. The number of fused-ring (bicyclic) bond motifs is 5. The number of rotatable bonds is 3. The summed E-state index contributed by atoms with van der Waals surface area (Å²) in [5, 5.41) is 0. The lowest BCUT2D eigenvalue weighted by Gasteiger charge is -2.72. The molecule has 4 rings (SSSR count). The van der Waals surface area contributed by atoms with Gasteiger partial charge in [-0.25, -0.2) is 0 Å². The van der Waals surface area contributed by atoms with Crippen LogP contribution in [0.1, 0.15) is 107 Å². The summed E-state index contributed by atoms with van der Waals surface area (Å²) in [6.07, 6.45) is 14.1. The van der Waals surface area contributed by atoms with Crippen molar-refractivity contribution in [1.29, 1.82) is 0 Å². The summed E-state index contributed by atoms with van der Waals surface area (Å²) in [6.45, 7) is 20.2. The second kappa shape index (κ2) is 7.21. The average molecular weight is 413 g/mol. The third-order valence-electron chi connectivity index (χ3n) is 12.2. The fourth-order valence-electron chi connectivity index (χ4n) is 10.2. The molecule has 0 aliphatic heterocycles. The van der Waals surface area contributed by atoms with Crippen molar-refractivity contribution in [2.45, 2.75) is 107 Å². The van der Waals surface area contributed by atoms with Crippen molar-refractivity contribution in [3.63, 3.8) is 0 Å². The molecule has 0 spiro atoms. The predicted octanol–water partition coefficient (Wildman–Crippen LogP) is 8.09. The second-order valence-electron chi connectivity index (χ2n) is 13.5. The summed E-state index contributed by atoms with van der Waals surface area (Å²) in [6, 6.07) is 0. The highest BCUT2D eigenvalue weighted by molar-refractivity contribution is 5.51. The predicted molar refractivity (Wildman–Crippen MR) is 127 cm³/mol. The molecule has 0 heterocycles. The fraction of sp³-hybridized carbons (Fsp3) is 0.897. The van der Waals surface area contributed by atoms with Gasteiger partial charge in [0.05, 0.1) is 0 Å². The van der Waals surface area contributed by atoms with Crippen LogP contribution in [0.2, 0.25) is 0 Å². The largest absolute Gasteiger partial charge is 0.303 e. The van der Waals surface area contributed by atoms with Crippen LogP contribution >= 0.6 is 0 Å². The number of allylic oxidation sites excluding steroid dienone is 2. The van der Waals surface area contributed by atoms with Crippen LogP contribution in [-0.4, -0.2) is 6.29 Å². The van der Waals surface area contributed by atoms with Gasteiger partial charge in [0.15, 0.2) is 0 Å². The van der Waals surface area contributed by atoms with Gasteiger partial charge in [0.25, 0.3) is 0 Å². The molecule has 1 nitrogen and oxygen atoms in total. The van der Waals surface area contributed by atoms with Crippen LogP contribution in [0.5, 0.6) is 0 Å². The van der Waals surface area contributed by atoms with Gasteiger partial charge >= 0.3 is 0 Å². The van der Waals surface area contributed by atoms with Gasteiger partial charge in [0.1, 0.15) is 6.29 Å². The van der Waals surface area contributed by atoms with Crippen LogP contribution in [0.15, 0.2) is 11.6 Å². The van der Waals surface area contributed by atoms with E-state index >= 15 is 0 Å². The minimum absolute atomic E-state index is 0.172. The molecule has 170 valence electrons. The van der Waals surface area contributed by atoms with Crippen molar-refractivity contribution < 1.29 is 4.79 Å². The van der Waals surface area contributed by atoms with E-state index in [1.165, 1.54) is 51.2 Å². The average Bonchev–Trinajstić information content (AvgIpc) is 2.66. The Morgan fingerprint density at radius 1 is 1.03 bits per heavy atom. The van der Waals surface area contributed by atoms with Gasteiger partial charge in [-0.3, -0.25) is 0 Å². The summed E-state index contributed by atoms with van der Waals surface area (Å²) < 4.78 is 0. The number of carbonyl (C=O) groups is 1. The minimum Gasteiger partial charge on any atom is -0.303 e. The van der Waals surface area contributed by atoms with Gasteiger partial charge in [-0.05, 0) is 109 Å². The zero-order valence-electron chi connectivity index (χ0n) is 21.2. The van der Waals surface area contributed by atoms with Crippen molar-refractivity contribution in [2.24, 2.45) is 57.2 Å². The lowest BCUT2D eigenvalue weighted by atomic mass is 9.33. The molecule has 0 N–H and O–H groups in total. The molecule has 0 aromatic heterocycles. The minimum atomic E-state index is 0.172. The quantitative estimate of drug-likeness (QED) is 0.338. The molecule has 0 radical (unpaired) electrons. The third kappa shape index (κ3) is 2.82. The first-order valence-corrected chi connectivity index (χ1v) is 13.0. The maximum Gasteiger partial charge on any atom is 0.120 e. The topological polar surface area (TPSA) is 17.1 Å². The standard InChI is InChI=1S/C29H48O/c1-19(2)22-12-14-29(8)24(27(22,6)17-18-30)10-9-23-25-21(4)20(3)11-13-26(25,5)15-16-28(23,29)7/h11,18-19,21-25H,9-10,12-17H2,1-8H3/t21-,22+,23-,24-,25-,26-,27+,28-,29-/m1/s1. The first-order chi connectivity index (χ1) is 13.9. The Morgan fingerprint density at radius 2 is 1.73 bits per heavy atom. The van der Waals surface area contributed by atoms with E-state index in [0.29, 0.717) is 34.0 Å². The molecule has 0 saturated heterocycles. The van der Waals surface area contributed by atoms with E-state index < -0.39 is 0 Å². The normalized spacial score (nSPS) is 53.4. The van der Waals surface area contributed by atoms with Gasteiger partial charge in [-0.1, -0.05) is 60.1 Å². The van der Waals surface area contributed by atoms with E-state index in [9.17, 15) is 4.79 Å². The Balaban J connectivity index is 1.76. The molecular weight excluding hydrogens is 364 g/mol. The number of aldehydes is 1. The molecule has 3 fully saturated rings. The van der Waals surface area contributed by atoms with Crippen molar-refractivity contribution >= 4 is 6.29 Å². The summed E-state index contributed by atoms with van der Waals surface area (Å²) in [7, 11) is 0. The third-order valence-corrected chi connectivity index (χ3v) is 12.2. The molecular formula is C29H48O. The highest BCUT2D eigenvalue weighted by atomic mass is 16.1. The molecule has 4 aliphatic rings. The SMILES string of the molecule is CC1=CC[C@]2(C)CC[C@]3(C)[C@H](CC[C@@H]4[C@@](C)(CC=O)[C@H](C(C)C)CC[C@]43C)[C@H]2[C@@H]1C. The van der Waals surface area contributed by atoms with Gasteiger partial charge < -0.3 is 4.79 Å². The van der Waals surface area contributed by atoms with Crippen LogP contribution in [0.4, 0.5) is 0 Å². The second-order valence-corrected chi connectivity index (χ2v) is 13.5. The van der Waals surface area contributed by atoms with Gasteiger partial charge in [-0.15, -0.1) is 0 Å². The Bertz CT molecular complexity index is 720. The van der Waals surface area contributed by atoms with Crippen LogP contribution < -0.4 is 0 Å². The molecule has 9 atom stereocenters. The van der Waals surface area contributed by atoms with E-state index in [1.807, 2.05) is 0 Å². The van der Waals surface area contributed by atoms with Gasteiger partial charge in [0.2, 0.25) is 0 Å². The number of hydrogen-bond donors (Lipinski definition) is 0. The molecule has 0 amide bonds. The summed E-state index contributed by atoms with van der Waals surface area (Å²) in [5.74, 6) is 4.45. The number of carbonyl (C=O) groups excluding carboxylic acids is 1. The Labute approximate surface area is 186 Å². The molecule has 0 aromatic carbocycles. The van der Waals surface area contributed by atoms with Crippen molar-refractivity contribution in [1.82, 2.24) is 0 Å². The summed E-state index contributed by atoms with van der Waals surface area (Å²) >= 11 is 0. The van der Waals surface area contributed by atoms with Crippen molar-refractivity contribution in [2.75, 3.05) is 0 Å². The lowest BCUT2D eigenvalue weighted by Crippen LogP contribution is -2.65. The Kier molecular flexibility index (Phi) is 5.43. The zero-order chi connectivity index (χ0) is 22.1.